The summed E-state index contributed by atoms with van der Waals surface area (Å²) >= 11 is 3.82. The van der Waals surface area contributed by atoms with Crippen molar-refractivity contribution in [2.75, 3.05) is 0 Å². The van der Waals surface area contributed by atoms with Gasteiger partial charge in [0, 0.05) is 45.7 Å². The highest BCUT2D eigenvalue weighted by Gasteiger charge is 2.19. The average molecular weight is 643 g/mol. The number of fused-ring (bicyclic) bond motifs is 12. The van der Waals surface area contributed by atoms with Gasteiger partial charge < -0.3 is 0 Å². The van der Waals surface area contributed by atoms with Crippen molar-refractivity contribution < 1.29 is 0 Å². The molecular formula is C46H26S2. The Bertz CT molecular complexity index is 3060. The third kappa shape index (κ3) is 3.65. The van der Waals surface area contributed by atoms with Gasteiger partial charge in [-0.05, 0) is 78.2 Å². The van der Waals surface area contributed by atoms with Crippen LogP contribution < -0.4 is 0 Å². The predicted molar refractivity (Wildman–Crippen MR) is 213 cm³/mol. The van der Waals surface area contributed by atoms with Crippen LogP contribution in [0.5, 0.6) is 0 Å². The van der Waals surface area contributed by atoms with Crippen LogP contribution in [0.15, 0.2) is 158 Å². The molecule has 11 aromatic rings. The third-order valence-electron chi connectivity index (χ3n) is 10.3. The van der Waals surface area contributed by atoms with E-state index >= 15 is 0 Å². The fourth-order valence-electron chi connectivity index (χ4n) is 8.19. The van der Waals surface area contributed by atoms with Gasteiger partial charge in [-0.2, -0.15) is 0 Å². The van der Waals surface area contributed by atoms with Gasteiger partial charge in [-0.1, -0.05) is 140 Å². The van der Waals surface area contributed by atoms with Gasteiger partial charge in [0.2, 0.25) is 0 Å². The Labute approximate surface area is 284 Å². The van der Waals surface area contributed by atoms with E-state index in [9.17, 15) is 0 Å². The molecule has 0 fully saturated rings. The quantitative estimate of drug-likeness (QED) is 0.165. The molecule has 0 aliphatic carbocycles. The first-order valence-electron chi connectivity index (χ1n) is 16.4. The maximum absolute atomic E-state index is 2.44. The Morgan fingerprint density at radius 1 is 0.312 bits per heavy atom. The van der Waals surface area contributed by atoms with Crippen molar-refractivity contribution in [3.8, 4) is 22.3 Å². The molecule has 0 saturated heterocycles. The number of hydrogen-bond acceptors (Lipinski definition) is 2. The van der Waals surface area contributed by atoms with Gasteiger partial charge in [0.05, 0.1) is 0 Å². The topological polar surface area (TPSA) is 0 Å². The zero-order valence-electron chi connectivity index (χ0n) is 25.8. The van der Waals surface area contributed by atoms with E-state index in [1.165, 1.54) is 106 Å². The monoisotopic (exact) mass is 642 g/mol. The van der Waals surface area contributed by atoms with Crippen LogP contribution in [0.2, 0.25) is 0 Å². The van der Waals surface area contributed by atoms with E-state index < -0.39 is 0 Å². The Kier molecular flexibility index (Phi) is 5.51. The van der Waals surface area contributed by atoms with E-state index in [4.69, 9.17) is 0 Å². The molecule has 0 spiro atoms. The van der Waals surface area contributed by atoms with Crippen LogP contribution in [0.1, 0.15) is 0 Å². The van der Waals surface area contributed by atoms with Gasteiger partial charge in [-0.15, -0.1) is 22.7 Å². The first-order chi connectivity index (χ1) is 23.8. The summed E-state index contributed by atoms with van der Waals surface area (Å²) < 4.78 is 5.41. The smallest absolute Gasteiger partial charge is 0.0434 e. The van der Waals surface area contributed by atoms with Gasteiger partial charge in [-0.3, -0.25) is 0 Å². The minimum Gasteiger partial charge on any atom is -0.135 e. The molecule has 2 heteroatoms. The number of rotatable bonds is 2. The highest BCUT2D eigenvalue weighted by Crippen LogP contribution is 2.48. The molecule has 48 heavy (non-hydrogen) atoms. The van der Waals surface area contributed by atoms with Crippen LogP contribution in [0, 0.1) is 0 Å². The predicted octanol–water partition coefficient (Wildman–Crippen LogP) is 14.4. The lowest BCUT2D eigenvalue weighted by molar-refractivity contribution is 1.69. The van der Waals surface area contributed by atoms with Gasteiger partial charge in [0.1, 0.15) is 0 Å². The van der Waals surface area contributed by atoms with Crippen LogP contribution in [0.3, 0.4) is 0 Å². The van der Waals surface area contributed by atoms with Crippen LogP contribution in [0.25, 0.3) is 106 Å². The van der Waals surface area contributed by atoms with Crippen molar-refractivity contribution >= 4 is 106 Å². The Morgan fingerprint density at radius 2 is 0.896 bits per heavy atom. The van der Waals surface area contributed by atoms with E-state index in [-0.39, 0.29) is 0 Å². The summed E-state index contributed by atoms with van der Waals surface area (Å²) in [4.78, 5) is 0. The molecule has 0 bridgehead atoms. The lowest BCUT2D eigenvalue weighted by Gasteiger charge is -2.18. The van der Waals surface area contributed by atoms with Gasteiger partial charge in [-0.25, -0.2) is 0 Å². The molecule has 0 unspecified atom stereocenters. The first-order valence-corrected chi connectivity index (χ1v) is 18.1. The lowest BCUT2D eigenvalue weighted by atomic mass is 9.84. The summed E-state index contributed by atoms with van der Waals surface area (Å²) in [5.74, 6) is 0. The second kappa shape index (κ2) is 9.98. The van der Waals surface area contributed by atoms with Gasteiger partial charge >= 0.3 is 0 Å². The van der Waals surface area contributed by atoms with Crippen molar-refractivity contribution in [1.29, 1.82) is 0 Å². The zero-order valence-corrected chi connectivity index (χ0v) is 27.5. The molecule has 0 amide bonds. The molecule has 0 nitrogen and oxygen atoms in total. The van der Waals surface area contributed by atoms with Crippen LogP contribution >= 0.6 is 22.7 Å². The van der Waals surface area contributed by atoms with Crippen molar-refractivity contribution in [3.05, 3.63) is 158 Å². The van der Waals surface area contributed by atoms with Crippen LogP contribution in [-0.4, -0.2) is 0 Å². The minimum atomic E-state index is 1.27. The van der Waals surface area contributed by atoms with Crippen molar-refractivity contribution in [3.63, 3.8) is 0 Å². The highest BCUT2D eigenvalue weighted by molar-refractivity contribution is 7.27. The Balaban J connectivity index is 1.18. The second-order valence-corrected chi connectivity index (χ2v) is 14.9. The Morgan fingerprint density at radius 3 is 1.69 bits per heavy atom. The number of thiophene rings is 2. The molecular weight excluding hydrogens is 617 g/mol. The van der Waals surface area contributed by atoms with E-state index in [0.29, 0.717) is 0 Å². The lowest BCUT2D eigenvalue weighted by Crippen LogP contribution is -1.91. The van der Waals surface area contributed by atoms with E-state index in [0.717, 1.165) is 0 Å². The second-order valence-electron chi connectivity index (χ2n) is 12.8. The van der Waals surface area contributed by atoms with E-state index in [2.05, 4.69) is 158 Å². The van der Waals surface area contributed by atoms with Crippen molar-refractivity contribution in [1.82, 2.24) is 0 Å². The van der Waals surface area contributed by atoms with Crippen LogP contribution in [-0.2, 0) is 0 Å². The average Bonchev–Trinajstić information content (AvgIpc) is 3.72. The normalized spacial score (nSPS) is 12.2. The summed E-state index contributed by atoms with van der Waals surface area (Å²) in [6, 6.07) is 58.8. The molecule has 11 rings (SSSR count). The van der Waals surface area contributed by atoms with Crippen LogP contribution in [0.4, 0.5) is 0 Å². The summed E-state index contributed by atoms with van der Waals surface area (Å²) in [6.07, 6.45) is 0. The third-order valence-corrected chi connectivity index (χ3v) is 12.6. The highest BCUT2D eigenvalue weighted by atomic mass is 32.1. The number of hydrogen-bond donors (Lipinski definition) is 0. The standard InChI is InChI=1S/C46H26S2/c1-2-12-29-27(10-1)11-9-18-31(29)44-34-16-5-3-14-32(34)43(33-15-4-6-17-35(33)44)28-20-21-39-42(26-28)47-41-25-24-38-36(45(39)41)22-23-37-30-13-7-8-19-40(30)48-46(37)38/h1-26H. The maximum Gasteiger partial charge on any atom is 0.0434 e. The molecule has 0 radical (unpaired) electrons. The molecule has 0 aliphatic rings. The SMILES string of the molecule is c1ccc2c(-c3c4ccccc4c(-c4ccc5c(c4)sc4ccc6c(ccc7c8ccccc8sc76)c45)c4ccccc34)cccc2c1. The maximum atomic E-state index is 2.44. The molecule has 2 aromatic heterocycles. The summed E-state index contributed by atoms with van der Waals surface area (Å²) in [5, 5.41) is 15.8. The van der Waals surface area contributed by atoms with Crippen molar-refractivity contribution in [2.24, 2.45) is 0 Å². The van der Waals surface area contributed by atoms with Gasteiger partial charge in [0.15, 0.2) is 0 Å². The van der Waals surface area contributed by atoms with Gasteiger partial charge in [0.25, 0.3) is 0 Å². The fourth-order valence-corrected chi connectivity index (χ4v) is 10.6. The summed E-state index contributed by atoms with van der Waals surface area (Å²) in [7, 11) is 0. The largest absolute Gasteiger partial charge is 0.135 e. The molecule has 0 aliphatic heterocycles. The fraction of sp³-hybridized carbons (Fsp3) is 0. The summed E-state index contributed by atoms with van der Waals surface area (Å²) in [5.41, 5.74) is 5.17. The van der Waals surface area contributed by atoms with Crippen molar-refractivity contribution in [2.45, 2.75) is 0 Å². The molecule has 222 valence electrons. The first kappa shape index (κ1) is 26.5. The van der Waals surface area contributed by atoms with E-state index in [1.807, 2.05) is 22.7 Å². The zero-order chi connectivity index (χ0) is 31.3. The van der Waals surface area contributed by atoms with E-state index in [1.54, 1.807) is 0 Å². The number of benzene rings is 9. The molecule has 9 aromatic carbocycles. The minimum absolute atomic E-state index is 1.27. The summed E-state index contributed by atoms with van der Waals surface area (Å²) in [6.45, 7) is 0. The Hall–Kier alpha value is -5.54. The molecule has 2 heterocycles. The molecule has 0 saturated carbocycles. The molecule has 0 atom stereocenters. The molecule has 0 N–H and O–H groups in total.